The number of carbonyl (C=O) groups is 1. The van der Waals surface area contributed by atoms with Crippen molar-refractivity contribution in [2.24, 2.45) is 0 Å². The zero-order valence-corrected chi connectivity index (χ0v) is 9.65. The number of ether oxygens (including phenoxy) is 1. The predicted octanol–water partition coefficient (Wildman–Crippen LogP) is 1.73. The lowest BCUT2D eigenvalue weighted by molar-refractivity contribution is 0.0591. The number of esters is 1. The maximum absolute atomic E-state index is 11.6. The van der Waals surface area contributed by atoms with Crippen LogP contribution in [0.4, 0.5) is 0 Å². The summed E-state index contributed by atoms with van der Waals surface area (Å²) in [5, 5.41) is 0.442. The molecule has 0 N–H and O–H groups in total. The SMILES string of the molecule is CCc1nc2ncc(Cl)cn2c1C(=O)OC. The van der Waals surface area contributed by atoms with Gasteiger partial charge in [0.1, 0.15) is 0 Å². The first kappa shape index (κ1) is 10.9. The Morgan fingerprint density at radius 2 is 2.38 bits per heavy atom. The lowest BCUT2D eigenvalue weighted by atomic mass is 10.2. The Labute approximate surface area is 97.0 Å². The lowest BCUT2D eigenvalue weighted by Crippen LogP contribution is -2.08. The summed E-state index contributed by atoms with van der Waals surface area (Å²) in [5.74, 6) is 0.00932. The minimum Gasteiger partial charge on any atom is -0.464 e. The summed E-state index contributed by atoms with van der Waals surface area (Å²) >= 11 is 5.83. The summed E-state index contributed by atoms with van der Waals surface area (Å²) in [4.78, 5) is 19.9. The van der Waals surface area contributed by atoms with E-state index in [4.69, 9.17) is 16.3 Å². The Kier molecular flexibility index (Phi) is 2.78. The van der Waals surface area contributed by atoms with Crippen LogP contribution in [0.1, 0.15) is 23.1 Å². The molecule has 5 nitrogen and oxygen atoms in total. The van der Waals surface area contributed by atoms with Gasteiger partial charge in [0.2, 0.25) is 5.78 Å². The molecule has 0 atom stereocenters. The third kappa shape index (κ3) is 1.63. The number of halogens is 1. The van der Waals surface area contributed by atoms with E-state index >= 15 is 0 Å². The quantitative estimate of drug-likeness (QED) is 0.749. The molecular weight excluding hydrogens is 230 g/mol. The van der Waals surface area contributed by atoms with E-state index < -0.39 is 5.97 Å². The molecule has 16 heavy (non-hydrogen) atoms. The zero-order valence-electron chi connectivity index (χ0n) is 8.90. The van der Waals surface area contributed by atoms with Crippen molar-refractivity contribution in [1.82, 2.24) is 14.4 Å². The average Bonchev–Trinajstić information content (AvgIpc) is 2.65. The average molecular weight is 240 g/mol. The summed E-state index contributed by atoms with van der Waals surface area (Å²) in [6, 6.07) is 0. The number of aryl methyl sites for hydroxylation is 1. The second-order valence-electron chi connectivity index (χ2n) is 3.19. The van der Waals surface area contributed by atoms with Crippen LogP contribution in [0.5, 0.6) is 0 Å². The standard InChI is InChI=1S/C10H10ClN3O2/c1-3-7-8(9(15)16-2)14-5-6(11)4-12-10(14)13-7/h4-5H,3H2,1-2H3. The molecule has 0 aromatic carbocycles. The zero-order chi connectivity index (χ0) is 11.7. The normalized spacial score (nSPS) is 10.7. The Balaban J connectivity index is 2.75. The maximum atomic E-state index is 11.6. The van der Waals surface area contributed by atoms with Gasteiger partial charge < -0.3 is 4.74 Å². The van der Waals surface area contributed by atoms with Crippen LogP contribution in [0.2, 0.25) is 5.02 Å². The number of carbonyl (C=O) groups excluding carboxylic acids is 1. The van der Waals surface area contributed by atoms with Crippen molar-refractivity contribution in [3.05, 3.63) is 28.8 Å². The van der Waals surface area contributed by atoms with Gasteiger partial charge in [-0.25, -0.2) is 14.8 Å². The van der Waals surface area contributed by atoms with Gasteiger partial charge in [-0.05, 0) is 6.42 Å². The van der Waals surface area contributed by atoms with Crippen molar-refractivity contribution >= 4 is 23.3 Å². The molecule has 0 aliphatic rings. The molecule has 0 aliphatic carbocycles. The Morgan fingerprint density at radius 1 is 1.62 bits per heavy atom. The molecule has 0 aliphatic heterocycles. The number of fused-ring (bicyclic) bond motifs is 1. The molecule has 0 radical (unpaired) electrons. The van der Waals surface area contributed by atoms with Crippen molar-refractivity contribution in [3.63, 3.8) is 0 Å². The van der Waals surface area contributed by atoms with Gasteiger partial charge in [-0.1, -0.05) is 18.5 Å². The molecule has 2 aromatic rings. The van der Waals surface area contributed by atoms with Gasteiger partial charge >= 0.3 is 5.97 Å². The molecule has 2 heterocycles. The van der Waals surface area contributed by atoms with Crippen molar-refractivity contribution in [3.8, 4) is 0 Å². The molecular formula is C10H10ClN3O2. The van der Waals surface area contributed by atoms with E-state index in [1.54, 1.807) is 10.6 Å². The van der Waals surface area contributed by atoms with Gasteiger partial charge in [-0.3, -0.25) is 4.40 Å². The third-order valence-corrected chi connectivity index (χ3v) is 2.43. The van der Waals surface area contributed by atoms with Crippen LogP contribution in [-0.2, 0) is 11.2 Å². The van der Waals surface area contributed by atoms with Crippen LogP contribution >= 0.6 is 11.6 Å². The highest BCUT2D eigenvalue weighted by Crippen LogP contribution is 2.15. The summed E-state index contributed by atoms with van der Waals surface area (Å²) < 4.78 is 6.26. The van der Waals surface area contributed by atoms with Gasteiger partial charge in [0.05, 0.1) is 24.0 Å². The van der Waals surface area contributed by atoms with Gasteiger partial charge in [0.15, 0.2) is 5.69 Å². The minimum atomic E-state index is -0.437. The van der Waals surface area contributed by atoms with Crippen molar-refractivity contribution in [1.29, 1.82) is 0 Å². The number of methoxy groups -OCH3 is 1. The molecule has 0 amide bonds. The maximum Gasteiger partial charge on any atom is 0.357 e. The molecule has 0 saturated heterocycles. The van der Waals surface area contributed by atoms with Crippen LogP contribution in [0, 0.1) is 0 Å². The Bertz CT molecular complexity index is 550. The number of imidazole rings is 1. The Morgan fingerprint density at radius 3 is 3.00 bits per heavy atom. The highest BCUT2D eigenvalue weighted by atomic mass is 35.5. The van der Waals surface area contributed by atoms with E-state index in [9.17, 15) is 4.79 Å². The fourth-order valence-electron chi connectivity index (χ4n) is 1.52. The molecule has 0 unspecified atom stereocenters. The van der Waals surface area contributed by atoms with E-state index in [1.165, 1.54) is 13.3 Å². The van der Waals surface area contributed by atoms with Crippen molar-refractivity contribution < 1.29 is 9.53 Å². The summed E-state index contributed by atoms with van der Waals surface area (Å²) in [6.07, 6.45) is 3.72. The van der Waals surface area contributed by atoms with E-state index in [0.717, 1.165) is 0 Å². The molecule has 0 spiro atoms. The van der Waals surface area contributed by atoms with E-state index in [2.05, 4.69) is 9.97 Å². The molecule has 84 valence electrons. The molecule has 0 saturated carbocycles. The van der Waals surface area contributed by atoms with Crippen LogP contribution < -0.4 is 0 Å². The smallest absolute Gasteiger partial charge is 0.357 e. The van der Waals surface area contributed by atoms with Gasteiger partial charge in [-0.15, -0.1) is 0 Å². The predicted molar refractivity (Wildman–Crippen MR) is 58.7 cm³/mol. The molecule has 6 heteroatoms. The van der Waals surface area contributed by atoms with E-state index in [0.29, 0.717) is 28.6 Å². The summed E-state index contributed by atoms with van der Waals surface area (Å²) in [6.45, 7) is 1.91. The third-order valence-electron chi connectivity index (χ3n) is 2.23. The van der Waals surface area contributed by atoms with E-state index in [-0.39, 0.29) is 0 Å². The second kappa shape index (κ2) is 4.09. The highest BCUT2D eigenvalue weighted by Gasteiger charge is 2.19. The topological polar surface area (TPSA) is 56.5 Å². The van der Waals surface area contributed by atoms with Crippen molar-refractivity contribution in [2.75, 3.05) is 7.11 Å². The van der Waals surface area contributed by atoms with Crippen LogP contribution in [0.25, 0.3) is 5.78 Å². The fourth-order valence-corrected chi connectivity index (χ4v) is 1.66. The number of hydrogen-bond donors (Lipinski definition) is 0. The molecule has 0 bridgehead atoms. The lowest BCUT2D eigenvalue weighted by Gasteiger charge is -2.01. The van der Waals surface area contributed by atoms with Gasteiger partial charge in [0, 0.05) is 6.20 Å². The van der Waals surface area contributed by atoms with Gasteiger partial charge in [-0.2, -0.15) is 0 Å². The number of rotatable bonds is 2. The van der Waals surface area contributed by atoms with Gasteiger partial charge in [0.25, 0.3) is 0 Å². The summed E-state index contributed by atoms with van der Waals surface area (Å²) in [5.41, 5.74) is 1.04. The van der Waals surface area contributed by atoms with E-state index in [1.807, 2.05) is 6.92 Å². The second-order valence-corrected chi connectivity index (χ2v) is 3.63. The fraction of sp³-hybridized carbons (Fsp3) is 0.300. The highest BCUT2D eigenvalue weighted by molar-refractivity contribution is 6.30. The molecule has 2 aromatic heterocycles. The first-order valence-corrected chi connectivity index (χ1v) is 5.16. The van der Waals surface area contributed by atoms with Crippen LogP contribution in [0.3, 0.4) is 0 Å². The number of aromatic nitrogens is 3. The molecule has 0 fully saturated rings. The van der Waals surface area contributed by atoms with Crippen molar-refractivity contribution in [2.45, 2.75) is 13.3 Å². The first-order valence-electron chi connectivity index (χ1n) is 4.78. The monoisotopic (exact) mass is 239 g/mol. The first-order chi connectivity index (χ1) is 7.67. The Hall–Kier alpha value is -1.62. The minimum absolute atomic E-state index is 0.384. The number of hydrogen-bond acceptors (Lipinski definition) is 4. The largest absolute Gasteiger partial charge is 0.464 e. The number of nitrogens with zero attached hydrogens (tertiary/aromatic N) is 3. The van der Waals surface area contributed by atoms with Crippen LogP contribution in [0.15, 0.2) is 12.4 Å². The summed E-state index contributed by atoms with van der Waals surface area (Å²) in [7, 11) is 1.33. The van der Waals surface area contributed by atoms with Crippen LogP contribution in [-0.4, -0.2) is 27.4 Å². The molecule has 2 rings (SSSR count).